The van der Waals surface area contributed by atoms with E-state index < -0.39 is 0 Å². The molecule has 0 aliphatic carbocycles. The molecule has 2 heterocycles. The Bertz CT molecular complexity index is 1500. The molecule has 0 saturated heterocycles. The molecule has 0 aliphatic rings. The average molecular weight is 444 g/mol. The van der Waals surface area contributed by atoms with E-state index in [-0.39, 0.29) is 6.61 Å². The minimum Gasteiger partial charge on any atom is -0.484 e. The number of rotatable bonds is 6. The summed E-state index contributed by atoms with van der Waals surface area (Å²) in [5.74, 6) is 1.29. The number of ether oxygens (including phenoxy) is 1. The van der Waals surface area contributed by atoms with Gasteiger partial charge in [-0.25, -0.2) is 9.67 Å². The van der Waals surface area contributed by atoms with Crippen molar-refractivity contribution in [3.63, 3.8) is 0 Å². The van der Waals surface area contributed by atoms with Gasteiger partial charge in [0.15, 0.2) is 12.2 Å². The first-order valence-corrected chi connectivity index (χ1v) is 11.1. The zero-order valence-corrected chi connectivity index (χ0v) is 18.3. The number of fused-ring (bicyclic) bond motifs is 1. The standard InChI is InChI=1S/C29H21N3O2/c1-3-9-21(10-4-1)26-19-27(22-11-5-2-6-12-22)32(31-26)23-15-17-24(18-16-23)33-20-29-30-25-13-7-8-14-28(25)34-29/h1-19H,20H2. The molecule has 0 amide bonds. The fourth-order valence-corrected chi connectivity index (χ4v) is 3.95. The Labute approximate surface area is 196 Å². The minimum atomic E-state index is 0.267. The maximum atomic E-state index is 5.92. The van der Waals surface area contributed by atoms with E-state index in [1.54, 1.807) is 0 Å². The first-order valence-electron chi connectivity index (χ1n) is 11.1. The lowest BCUT2D eigenvalue weighted by atomic mass is 10.1. The van der Waals surface area contributed by atoms with Gasteiger partial charge in [0, 0.05) is 11.1 Å². The van der Waals surface area contributed by atoms with Crippen LogP contribution in [-0.4, -0.2) is 14.8 Å². The van der Waals surface area contributed by atoms with Crippen molar-refractivity contribution in [1.29, 1.82) is 0 Å². The van der Waals surface area contributed by atoms with E-state index in [9.17, 15) is 0 Å². The van der Waals surface area contributed by atoms with Gasteiger partial charge in [-0.1, -0.05) is 72.8 Å². The van der Waals surface area contributed by atoms with E-state index in [4.69, 9.17) is 14.3 Å². The maximum Gasteiger partial charge on any atom is 0.233 e. The summed E-state index contributed by atoms with van der Waals surface area (Å²) in [6, 6.07) is 38.2. The number of aromatic nitrogens is 3. The highest BCUT2D eigenvalue weighted by molar-refractivity contribution is 5.72. The van der Waals surface area contributed by atoms with E-state index >= 15 is 0 Å². The highest BCUT2D eigenvalue weighted by atomic mass is 16.5. The summed E-state index contributed by atoms with van der Waals surface area (Å²) in [6.07, 6.45) is 0. The van der Waals surface area contributed by atoms with Gasteiger partial charge in [0.05, 0.1) is 17.1 Å². The predicted octanol–water partition coefficient (Wildman–Crippen LogP) is 6.93. The molecule has 6 aromatic rings. The van der Waals surface area contributed by atoms with Crippen LogP contribution in [0.15, 0.2) is 120 Å². The number of nitrogens with zero attached hydrogens (tertiary/aromatic N) is 3. The van der Waals surface area contributed by atoms with E-state index in [0.717, 1.165) is 45.1 Å². The molecule has 0 bridgehead atoms. The van der Waals surface area contributed by atoms with Crippen LogP contribution < -0.4 is 4.74 Å². The molecule has 0 unspecified atom stereocenters. The zero-order chi connectivity index (χ0) is 22.7. The van der Waals surface area contributed by atoms with Gasteiger partial charge in [-0.2, -0.15) is 5.10 Å². The van der Waals surface area contributed by atoms with Crippen molar-refractivity contribution in [3.8, 4) is 34.0 Å². The predicted molar refractivity (Wildman–Crippen MR) is 133 cm³/mol. The number of oxazole rings is 1. The molecular formula is C29H21N3O2. The molecule has 4 aromatic carbocycles. The molecule has 0 fully saturated rings. The number of para-hydroxylation sites is 2. The van der Waals surface area contributed by atoms with Gasteiger partial charge < -0.3 is 9.15 Å². The molecule has 164 valence electrons. The van der Waals surface area contributed by atoms with Crippen molar-refractivity contribution in [3.05, 3.63) is 121 Å². The summed E-state index contributed by atoms with van der Waals surface area (Å²) >= 11 is 0. The largest absolute Gasteiger partial charge is 0.484 e. The summed E-state index contributed by atoms with van der Waals surface area (Å²) in [5.41, 5.74) is 6.69. The average Bonchev–Trinajstić information content (AvgIpc) is 3.54. The van der Waals surface area contributed by atoms with Crippen molar-refractivity contribution in [2.75, 3.05) is 0 Å². The molecule has 0 radical (unpaired) electrons. The summed E-state index contributed by atoms with van der Waals surface area (Å²) in [4.78, 5) is 4.46. The Balaban J connectivity index is 1.28. The lowest BCUT2D eigenvalue weighted by Gasteiger charge is -2.09. The van der Waals surface area contributed by atoms with Gasteiger partial charge >= 0.3 is 0 Å². The van der Waals surface area contributed by atoms with Gasteiger partial charge in [0.25, 0.3) is 0 Å². The second-order valence-electron chi connectivity index (χ2n) is 7.92. The quantitative estimate of drug-likeness (QED) is 0.280. The Morgan fingerprint density at radius 1 is 0.706 bits per heavy atom. The smallest absolute Gasteiger partial charge is 0.233 e. The number of benzene rings is 4. The fraction of sp³-hybridized carbons (Fsp3) is 0.0345. The van der Waals surface area contributed by atoms with Crippen LogP contribution in [-0.2, 0) is 6.61 Å². The van der Waals surface area contributed by atoms with Gasteiger partial charge in [-0.3, -0.25) is 0 Å². The minimum absolute atomic E-state index is 0.267. The van der Waals surface area contributed by atoms with Gasteiger partial charge in [-0.15, -0.1) is 0 Å². The molecule has 0 saturated carbocycles. The van der Waals surface area contributed by atoms with Crippen LogP contribution in [0, 0.1) is 0 Å². The SMILES string of the molecule is c1ccc(-c2cc(-c3ccccc3)n(-c3ccc(OCc4nc5ccccc5o4)cc3)n2)cc1. The van der Waals surface area contributed by atoms with Crippen LogP contribution in [0.5, 0.6) is 5.75 Å². The summed E-state index contributed by atoms with van der Waals surface area (Å²) in [7, 11) is 0. The zero-order valence-electron chi connectivity index (χ0n) is 18.3. The number of hydrogen-bond donors (Lipinski definition) is 0. The van der Waals surface area contributed by atoms with Crippen molar-refractivity contribution in [1.82, 2.24) is 14.8 Å². The second-order valence-corrected chi connectivity index (χ2v) is 7.92. The van der Waals surface area contributed by atoms with Crippen molar-refractivity contribution < 1.29 is 9.15 Å². The van der Waals surface area contributed by atoms with Gasteiger partial charge in [-0.05, 0) is 42.5 Å². The molecule has 5 nitrogen and oxygen atoms in total. The molecule has 0 atom stereocenters. The fourth-order valence-electron chi connectivity index (χ4n) is 3.95. The van der Waals surface area contributed by atoms with Crippen molar-refractivity contribution >= 4 is 11.1 Å². The van der Waals surface area contributed by atoms with E-state index in [2.05, 4.69) is 35.3 Å². The third-order valence-electron chi connectivity index (χ3n) is 5.63. The first-order chi connectivity index (χ1) is 16.8. The molecule has 5 heteroatoms. The highest BCUT2D eigenvalue weighted by Gasteiger charge is 2.13. The summed E-state index contributed by atoms with van der Waals surface area (Å²) < 4.78 is 13.6. The summed E-state index contributed by atoms with van der Waals surface area (Å²) in [6.45, 7) is 0.267. The molecule has 0 N–H and O–H groups in total. The Morgan fingerprint density at radius 3 is 2.12 bits per heavy atom. The molecule has 0 spiro atoms. The molecule has 34 heavy (non-hydrogen) atoms. The van der Waals surface area contributed by atoms with Crippen LogP contribution in [0.1, 0.15) is 5.89 Å². The lowest BCUT2D eigenvalue weighted by Crippen LogP contribution is -2.00. The third-order valence-corrected chi connectivity index (χ3v) is 5.63. The molecular weight excluding hydrogens is 422 g/mol. The van der Waals surface area contributed by atoms with Crippen molar-refractivity contribution in [2.45, 2.75) is 6.61 Å². The van der Waals surface area contributed by atoms with Crippen LogP contribution >= 0.6 is 0 Å². The maximum absolute atomic E-state index is 5.92. The molecule has 0 aliphatic heterocycles. The van der Waals surface area contributed by atoms with E-state index in [1.807, 2.05) is 89.6 Å². The molecule has 2 aromatic heterocycles. The van der Waals surface area contributed by atoms with Crippen molar-refractivity contribution in [2.24, 2.45) is 0 Å². The number of hydrogen-bond acceptors (Lipinski definition) is 4. The summed E-state index contributed by atoms with van der Waals surface area (Å²) in [5, 5.41) is 4.93. The van der Waals surface area contributed by atoms with Crippen LogP contribution in [0.3, 0.4) is 0 Å². The Morgan fingerprint density at radius 2 is 1.38 bits per heavy atom. The van der Waals surface area contributed by atoms with E-state index in [0.29, 0.717) is 5.89 Å². The normalized spacial score (nSPS) is 11.1. The Hall–Kier alpha value is -4.64. The topological polar surface area (TPSA) is 53.1 Å². The van der Waals surface area contributed by atoms with Gasteiger partial charge in [0.1, 0.15) is 11.3 Å². The van der Waals surface area contributed by atoms with E-state index in [1.165, 1.54) is 0 Å². The van der Waals surface area contributed by atoms with Gasteiger partial charge in [0.2, 0.25) is 5.89 Å². The lowest BCUT2D eigenvalue weighted by molar-refractivity contribution is 0.267. The third kappa shape index (κ3) is 3.95. The molecule has 6 rings (SSSR count). The van der Waals surface area contributed by atoms with Crippen LogP contribution in [0.4, 0.5) is 0 Å². The van der Waals surface area contributed by atoms with Crippen LogP contribution in [0.2, 0.25) is 0 Å². The first kappa shape index (κ1) is 20.0. The Kier molecular flexibility index (Phi) is 5.13. The van der Waals surface area contributed by atoms with Crippen LogP contribution in [0.25, 0.3) is 39.3 Å². The highest BCUT2D eigenvalue weighted by Crippen LogP contribution is 2.29. The monoisotopic (exact) mass is 443 g/mol. The second kappa shape index (κ2) is 8.71.